The second kappa shape index (κ2) is 11.9. The number of benzene rings is 4. The van der Waals surface area contributed by atoms with Crippen LogP contribution in [0.3, 0.4) is 0 Å². The molecule has 5 heteroatoms. The summed E-state index contributed by atoms with van der Waals surface area (Å²) in [6.07, 6.45) is 4.31. The van der Waals surface area contributed by atoms with Gasteiger partial charge in [0.15, 0.2) is 0 Å². The summed E-state index contributed by atoms with van der Waals surface area (Å²) in [7, 11) is 10.3. The first-order chi connectivity index (χ1) is 21.2. The summed E-state index contributed by atoms with van der Waals surface area (Å²) in [4.78, 5) is 5.21. The van der Waals surface area contributed by atoms with Gasteiger partial charge in [-0.1, -0.05) is 47.5 Å². The van der Waals surface area contributed by atoms with Gasteiger partial charge in [-0.15, -0.1) is 0 Å². The number of ether oxygens (including phenoxy) is 2. The van der Waals surface area contributed by atoms with Crippen molar-refractivity contribution in [3.8, 4) is 33.9 Å². The number of allylic oxidation sites excluding steroid dienone is 2. The highest BCUT2D eigenvalue weighted by Gasteiger charge is 2.22. The van der Waals surface area contributed by atoms with E-state index in [1.807, 2.05) is 48.5 Å². The third-order valence-corrected chi connectivity index (χ3v) is 8.26. The Bertz CT molecular complexity index is 1960. The average Bonchev–Trinajstić information content (AvgIpc) is 3.58. The highest BCUT2D eigenvalue weighted by Crippen LogP contribution is 2.39. The SMILES string of the molecule is [B]n1c(-c2ccc(OC)cc2)cc(-c2ccc(C)cc2C)c1/C=C1\N=C(c2ccc(OC)cc2)C=C1c1ccc(C)cc1C. The third kappa shape index (κ3) is 5.54. The Hall–Kier alpha value is -5.03. The molecule has 0 fully saturated rings. The van der Waals surface area contributed by atoms with Crippen LogP contribution in [-0.2, 0) is 0 Å². The molecule has 0 N–H and O–H groups in total. The van der Waals surface area contributed by atoms with E-state index in [-0.39, 0.29) is 0 Å². The van der Waals surface area contributed by atoms with Gasteiger partial charge in [-0.2, -0.15) is 0 Å². The van der Waals surface area contributed by atoms with Crippen LogP contribution in [0.15, 0.2) is 108 Å². The Labute approximate surface area is 261 Å². The van der Waals surface area contributed by atoms with E-state index in [1.165, 1.54) is 22.3 Å². The van der Waals surface area contributed by atoms with Crippen LogP contribution in [0.1, 0.15) is 39.1 Å². The summed E-state index contributed by atoms with van der Waals surface area (Å²) in [5.41, 5.74) is 14.8. The molecule has 2 radical (unpaired) electrons. The van der Waals surface area contributed by atoms with Crippen LogP contribution in [0, 0.1) is 27.7 Å². The van der Waals surface area contributed by atoms with E-state index in [2.05, 4.69) is 82.3 Å². The molecule has 0 bridgehead atoms. The molecule has 1 aromatic heterocycles. The molecular weight excluding hydrogens is 539 g/mol. The van der Waals surface area contributed by atoms with Crippen molar-refractivity contribution < 1.29 is 9.47 Å². The molecule has 2 heterocycles. The third-order valence-electron chi connectivity index (χ3n) is 8.26. The lowest BCUT2D eigenvalue weighted by Gasteiger charge is -2.12. The Balaban J connectivity index is 1.57. The molecular formula is C39H35BN2O2. The molecule has 0 aliphatic carbocycles. The first kappa shape index (κ1) is 29.1. The normalized spacial score (nSPS) is 13.6. The van der Waals surface area contributed by atoms with Crippen molar-refractivity contribution in [3.05, 3.63) is 142 Å². The van der Waals surface area contributed by atoms with E-state index in [0.717, 1.165) is 67.7 Å². The van der Waals surface area contributed by atoms with Crippen molar-refractivity contribution >= 4 is 25.3 Å². The van der Waals surface area contributed by atoms with Crippen LogP contribution in [-0.4, -0.2) is 32.4 Å². The van der Waals surface area contributed by atoms with Crippen molar-refractivity contribution in [1.29, 1.82) is 0 Å². The van der Waals surface area contributed by atoms with Crippen molar-refractivity contribution in [1.82, 2.24) is 4.48 Å². The minimum atomic E-state index is 0.801. The fourth-order valence-corrected chi connectivity index (χ4v) is 5.92. The van der Waals surface area contributed by atoms with Gasteiger partial charge in [0.05, 0.1) is 25.6 Å². The summed E-state index contributed by atoms with van der Waals surface area (Å²) in [6.45, 7) is 8.54. The second-order valence-corrected chi connectivity index (χ2v) is 11.4. The first-order valence-corrected chi connectivity index (χ1v) is 14.7. The minimum Gasteiger partial charge on any atom is -0.497 e. The Morgan fingerprint density at radius 1 is 0.636 bits per heavy atom. The molecule has 0 amide bonds. The zero-order valence-electron chi connectivity index (χ0n) is 26.1. The Morgan fingerprint density at radius 2 is 1.18 bits per heavy atom. The maximum absolute atomic E-state index is 6.97. The predicted molar refractivity (Wildman–Crippen MR) is 184 cm³/mol. The highest BCUT2D eigenvalue weighted by atomic mass is 16.5. The number of aliphatic imine (C=N–C) groups is 1. The quantitative estimate of drug-likeness (QED) is 0.182. The summed E-state index contributed by atoms with van der Waals surface area (Å²) in [5, 5.41) is 0. The van der Waals surface area contributed by atoms with Gasteiger partial charge < -0.3 is 14.0 Å². The summed E-state index contributed by atoms with van der Waals surface area (Å²) < 4.78 is 12.6. The molecule has 5 aromatic rings. The number of aryl methyl sites for hydroxylation is 4. The number of hydrogen-bond donors (Lipinski definition) is 0. The lowest BCUT2D eigenvalue weighted by molar-refractivity contribution is 0.414. The lowest BCUT2D eigenvalue weighted by Crippen LogP contribution is -1.99. The van der Waals surface area contributed by atoms with Crippen molar-refractivity contribution in [2.24, 2.45) is 4.99 Å². The maximum atomic E-state index is 6.97. The van der Waals surface area contributed by atoms with Gasteiger partial charge in [0.25, 0.3) is 0 Å². The zero-order chi connectivity index (χ0) is 31.0. The molecule has 4 nitrogen and oxygen atoms in total. The van der Waals surface area contributed by atoms with Crippen LogP contribution in [0.5, 0.6) is 11.5 Å². The topological polar surface area (TPSA) is 35.8 Å². The number of hydrogen-bond acceptors (Lipinski definition) is 3. The van der Waals surface area contributed by atoms with Gasteiger partial charge in [-0.25, -0.2) is 4.99 Å². The molecule has 0 saturated heterocycles. The summed E-state index contributed by atoms with van der Waals surface area (Å²) >= 11 is 0. The Morgan fingerprint density at radius 3 is 1.73 bits per heavy atom. The van der Waals surface area contributed by atoms with Crippen LogP contribution < -0.4 is 9.47 Å². The molecule has 0 atom stereocenters. The van der Waals surface area contributed by atoms with Crippen LogP contribution >= 0.6 is 0 Å². The van der Waals surface area contributed by atoms with Crippen molar-refractivity contribution in [3.63, 3.8) is 0 Å². The molecule has 1 aliphatic rings. The molecule has 1 aliphatic heterocycles. The van der Waals surface area contributed by atoms with E-state index in [4.69, 9.17) is 22.4 Å². The highest BCUT2D eigenvalue weighted by molar-refractivity contribution is 6.19. The molecule has 216 valence electrons. The molecule has 6 rings (SSSR count). The van der Waals surface area contributed by atoms with Gasteiger partial charge in [0.1, 0.15) is 11.5 Å². The average molecular weight is 575 g/mol. The smallest absolute Gasteiger partial charge is 0.234 e. The predicted octanol–water partition coefficient (Wildman–Crippen LogP) is 8.93. The number of aromatic nitrogens is 1. The van der Waals surface area contributed by atoms with E-state index >= 15 is 0 Å². The van der Waals surface area contributed by atoms with Crippen LogP contribution in [0.25, 0.3) is 34.0 Å². The summed E-state index contributed by atoms with van der Waals surface area (Å²) in [5.74, 6) is 1.61. The van der Waals surface area contributed by atoms with Gasteiger partial charge in [-0.3, -0.25) is 0 Å². The van der Waals surface area contributed by atoms with Gasteiger partial charge >= 0.3 is 0 Å². The number of methoxy groups -OCH3 is 2. The van der Waals surface area contributed by atoms with Gasteiger partial charge in [0, 0.05) is 28.1 Å². The van der Waals surface area contributed by atoms with E-state index < -0.39 is 0 Å². The van der Waals surface area contributed by atoms with Crippen LogP contribution in [0.4, 0.5) is 0 Å². The monoisotopic (exact) mass is 574 g/mol. The zero-order valence-corrected chi connectivity index (χ0v) is 26.1. The Kier molecular flexibility index (Phi) is 7.88. The largest absolute Gasteiger partial charge is 0.497 e. The number of rotatable bonds is 7. The van der Waals surface area contributed by atoms with E-state index in [1.54, 1.807) is 18.7 Å². The van der Waals surface area contributed by atoms with E-state index in [0.29, 0.717) is 0 Å². The standard InChI is InChI=1S/C39H35BN2O2/c1-24-7-17-32(26(3)19-24)34-21-36(28-9-13-30(43-5)14-10-28)41-37(34)23-39-35(33-18-8-25(2)20-27(33)4)22-38(42(39)40)29-11-15-31(44-6)16-12-29/h7-23H,1-6H3/b37-23-. The molecule has 44 heavy (non-hydrogen) atoms. The van der Waals surface area contributed by atoms with Gasteiger partial charge in [-0.05, 0) is 122 Å². The fraction of sp³-hybridized carbons (Fsp3) is 0.154. The summed E-state index contributed by atoms with van der Waals surface area (Å²) in [6, 6.07) is 31.3. The van der Waals surface area contributed by atoms with Crippen LogP contribution in [0.2, 0.25) is 0 Å². The number of nitrogens with zero attached hydrogens (tertiary/aromatic N) is 2. The van der Waals surface area contributed by atoms with Gasteiger partial charge in [0.2, 0.25) is 7.98 Å². The fourth-order valence-electron chi connectivity index (χ4n) is 5.92. The maximum Gasteiger partial charge on any atom is 0.234 e. The molecule has 0 spiro atoms. The van der Waals surface area contributed by atoms with Crippen molar-refractivity contribution in [2.45, 2.75) is 27.7 Å². The minimum absolute atomic E-state index is 0.801. The van der Waals surface area contributed by atoms with Crippen molar-refractivity contribution in [2.75, 3.05) is 14.2 Å². The molecule has 0 saturated carbocycles. The first-order valence-electron chi connectivity index (χ1n) is 14.7. The lowest BCUT2D eigenvalue weighted by atomic mass is 9.94. The second-order valence-electron chi connectivity index (χ2n) is 11.4. The molecule has 4 aromatic carbocycles. The molecule has 0 unspecified atom stereocenters. The van der Waals surface area contributed by atoms with E-state index in [9.17, 15) is 0 Å².